The Morgan fingerprint density at radius 1 is 1.05 bits per heavy atom. The van der Waals surface area contributed by atoms with Gasteiger partial charge in [-0.2, -0.15) is 0 Å². The predicted molar refractivity (Wildman–Crippen MR) is 84.5 cm³/mol. The highest BCUT2D eigenvalue weighted by atomic mass is 32.2. The van der Waals surface area contributed by atoms with E-state index in [4.69, 9.17) is 9.47 Å². The Labute approximate surface area is 131 Å². The summed E-state index contributed by atoms with van der Waals surface area (Å²) in [6.07, 6.45) is 1.73. The van der Waals surface area contributed by atoms with Gasteiger partial charge in [-0.25, -0.2) is 0 Å². The number of carbonyl (C=O) groups is 1. The molecule has 0 saturated heterocycles. The van der Waals surface area contributed by atoms with Gasteiger partial charge in [0, 0.05) is 22.0 Å². The van der Waals surface area contributed by atoms with Crippen molar-refractivity contribution < 1.29 is 14.3 Å². The van der Waals surface area contributed by atoms with Crippen LogP contribution in [0.25, 0.3) is 10.9 Å². The Morgan fingerprint density at radius 3 is 2.86 bits per heavy atom. The van der Waals surface area contributed by atoms with Gasteiger partial charge in [-0.3, -0.25) is 9.78 Å². The SMILES string of the molecule is O=C(Sc1cccc2cccnc12)c1ccc2c(c1)OCO2. The molecule has 0 spiro atoms. The van der Waals surface area contributed by atoms with Crippen LogP contribution in [0.5, 0.6) is 11.5 Å². The van der Waals surface area contributed by atoms with Crippen LogP contribution in [0.2, 0.25) is 0 Å². The van der Waals surface area contributed by atoms with Crippen molar-refractivity contribution in [3.8, 4) is 11.5 Å². The number of hydrogen-bond acceptors (Lipinski definition) is 5. The standard InChI is InChI=1S/C17H11NO3S/c19-17(12-6-7-13-14(9-12)21-10-20-13)22-15-5-1-3-11-4-2-8-18-16(11)15/h1-9H,10H2. The minimum atomic E-state index is -0.0450. The van der Waals surface area contributed by atoms with E-state index >= 15 is 0 Å². The minimum Gasteiger partial charge on any atom is -0.454 e. The molecule has 1 aliphatic rings. The molecule has 3 aromatic rings. The lowest BCUT2D eigenvalue weighted by atomic mass is 10.2. The first-order valence-electron chi connectivity index (χ1n) is 6.77. The fourth-order valence-electron chi connectivity index (χ4n) is 2.34. The second kappa shape index (κ2) is 5.35. The number of rotatable bonds is 2. The molecule has 4 nitrogen and oxygen atoms in total. The molecule has 0 atom stereocenters. The van der Waals surface area contributed by atoms with Gasteiger partial charge in [-0.1, -0.05) is 18.2 Å². The van der Waals surface area contributed by atoms with E-state index in [9.17, 15) is 4.79 Å². The van der Waals surface area contributed by atoms with Gasteiger partial charge in [-0.15, -0.1) is 0 Å². The smallest absolute Gasteiger partial charge is 0.231 e. The summed E-state index contributed by atoms with van der Waals surface area (Å²) in [4.78, 5) is 17.7. The highest BCUT2D eigenvalue weighted by Crippen LogP contribution is 2.35. The first-order chi connectivity index (χ1) is 10.8. The normalized spacial score (nSPS) is 12.5. The molecule has 1 aliphatic heterocycles. The van der Waals surface area contributed by atoms with E-state index in [1.165, 1.54) is 11.8 Å². The second-order valence-corrected chi connectivity index (χ2v) is 5.80. The molecule has 2 aromatic carbocycles. The van der Waals surface area contributed by atoms with E-state index in [0.29, 0.717) is 17.1 Å². The number of carbonyl (C=O) groups excluding carboxylic acids is 1. The number of para-hydroxylation sites is 1. The Hall–Kier alpha value is -2.53. The molecule has 0 fully saturated rings. The van der Waals surface area contributed by atoms with Gasteiger partial charge in [0.2, 0.25) is 11.9 Å². The maximum Gasteiger partial charge on any atom is 0.231 e. The molecule has 0 radical (unpaired) electrons. The third-order valence-corrected chi connectivity index (χ3v) is 4.38. The molecular formula is C17H11NO3S. The summed E-state index contributed by atoms with van der Waals surface area (Å²) in [5.74, 6) is 1.29. The molecule has 108 valence electrons. The molecule has 1 aromatic heterocycles. The van der Waals surface area contributed by atoms with Crippen LogP contribution < -0.4 is 9.47 Å². The number of nitrogens with zero attached hydrogens (tertiary/aromatic N) is 1. The summed E-state index contributed by atoms with van der Waals surface area (Å²) in [6, 6.07) is 14.9. The van der Waals surface area contributed by atoms with Gasteiger partial charge in [-0.05, 0) is 42.1 Å². The zero-order valence-corrected chi connectivity index (χ0v) is 12.3. The largest absolute Gasteiger partial charge is 0.454 e. The summed E-state index contributed by atoms with van der Waals surface area (Å²) in [5, 5.41) is 0.974. The van der Waals surface area contributed by atoms with Crippen LogP contribution in [0.15, 0.2) is 59.6 Å². The van der Waals surface area contributed by atoms with Crippen LogP contribution in [0.4, 0.5) is 0 Å². The average Bonchev–Trinajstić information content (AvgIpc) is 3.02. The lowest BCUT2D eigenvalue weighted by molar-refractivity contribution is 0.108. The summed E-state index contributed by atoms with van der Waals surface area (Å²) in [6.45, 7) is 0.202. The maximum atomic E-state index is 12.5. The molecule has 0 amide bonds. The van der Waals surface area contributed by atoms with Gasteiger partial charge in [0.1, 0.15) is 0 Å². The highest BCUT2D eigenvalue weighted by Gasteiger charge is 2.17. The number of aromatic nitrogens is 1. The monoisotopic (exact) mass is 309 g/mol. The molecule has 0 bridgehead atoms. The molecule has 0 unspecified atom stereocenters. The Kier molecular flexibility index (Phi) is 3.20. The number of benzene rings is 2. The molecule has 0 aliphatic carbocycles. The number of ether oxygens (including phenoxy) is 2. The number of fused-ring (bicyclic) bond motifs is 2. The molecule has 0 N–H and O–H groups in total. The fourth-order valence-corrected chi connectivity index (χ4v) is 3.20. The summed E-state index contributed by atoms with van der Waals surface area (Å²) in [5.41, 5.74) is 1.42. The van der Waals surface area contributed by atoms with Gasteiger partial charge < -0.3 is 9.47 Å². The van der Waals surface area contributed by atoms with E-state index in [2.05, 4.69) is 4.98 Å². The van der Waals surface area contributed by atoms with Crippen molar-refractivity contribution in [2.45, 2.75) is 4.90 Å². The average molecular weight is 309 g/mol. The van der Waals surface area contributed by atoms with Crippen LogP contribution in [0.3, 0.4) is 0 Å². The third kappa shape index (κ3) is 2.29. The van der Waals surface area contributed by atoms with Crippen LogP contribution in [0.1, 0.15) is 10.4 Å². The summed E-state index contributed by atoms with van der Waals surface area (Å²) < 4.78 is 10.6. The fraction of sp³-hybridized carbons (Fsp3) is 0.0588. The molecule has 2 heterocycles. The lowest BCUT2D eigenvalue weighted by Crippen LogP contribution is -1.94. The van der Waals surface area contributed by atoms with Crippen molar-refractivity contribution in [3.05, 3.63) is 60.3 Å². The van der Waals surface area contributed by atoms with E-state index < -0.39 is 0 Å². The van der Waals surface area contributed by atoms with E-state index in [1.54, 1.807) is 24.4 Å². The number of thioether (sulfide) groups is 1. The van der Waals surface area contributed by atoms with Crippen molar-refractivity contribution in [3.63, 3.8) is 0 Å². The van der Waals surface area contributed by atoms with Crippen molar-refractivity contribution in [2.75, 3.05) is 6.79 Å². The lowest BCUT2D eigenvalue weighted by Gasteiger charge is -2.05. The Balaban J connectivity index is 1.66. The van der Waals surface area contributed by atoms with Crippen molar-refractivity contribution in [1.29, 1.82) is 0 Å². The maximum absolute atomic E-state index is 12.5. The zero-order valence-electron chi connectivity index (χ0n) is 11.5. The van der Waals surface area contributed by atoms with Gasteiger partial charge in [0.25, 0.3) is 0 Å². The topological polar surface area (TPSA) is 48.4 Å². The quantitative estimate of drug-likeness (QED) is 0.672. The second-order valence-electron chi connectivity index (χ2n) is 4.79. The van der Waals surface area contributed by atoms with Gasteiger partial charge >= 0.3 is 0 Å². The van der Waals surface area contributed by atoms with Gasteiger partial charge in [0.15, 0.2) is 11.5 Å². The Bertz CT molecular complexity index is 873. The van der Waals surface area contributed by atoms with E-state index in [-0.39, 0.29) is 11.9 Å². The van der Waals surface area contributed by atoms with Crippen molar-refractivity contribution in [2.24, 2.45) is 0 Å². The van der Waals surface area contributed by atoms with E-state index in [0.717, 1.165) is 15.8 Å². The first kappa shape index (κ1) is 13.2. The molecular weight excluding hydrogens is 298 g/mol. The highest BCUT2D eigenvalue weighted by molar-refractivity contribution is 8.14. The molecule has 22 heavy (non-hydrogen) atoms. The molecule has 4 rings (SSSR count). The van der Waals surface area contributed by atoms with Crippen LogP contribution in [-0.4, -0.2) is 16.9 Å². The van der Waals surface area contributed by atoms with Crippen LogP contribution in [0, 0.1) is 0 Å². The molecule has 0 saturated carbocycles. The Morgan fingerprint density at radius 2 is 1.91 bits per heavy atom. The van der Waals surface area contributed by atoms with Crippen molar-refractivity contribution >= 4 is 27.8 Å². The van der Waals surface area contributed by atoms with Crippen molar-refractivity contribution in [1.82, 2.24) is 4.98 Å². The van der Waals surface area contributed by atoms with Crippen LogP contribution in [-0.2, 0) is 0 Å². The molecule has 5 heteroatoms. The number of pyridine rings is 1. The zero-order chi connectivity index (χ0) is 14.9. The predicted octanol–water partition coefficient (Wildman–Crippen LogP) is 3.90. The van der Waals surface area contributed by atoms with Gasteiger partial charge in [0.05, 0.1) is 5.52 Å². The minimum absolute atomic E-state index is 0.0450. The first-order valence-corrected chi connectivity index (χ1v) is 7.58. The summed E-state index contributed by atoms with van der Waals surface area (Å²) in [7, 11) is 0. The van der Waals surface area contributed by atoms with Crippen LogP contribution >= 0.6 is 11.8 Å². The number of hydrogen-bond donors (Lipinski definition) is 0. The van der Waals surface area contributed by atoms with E-state index in [1.807, 2.05) is 30.3 Å². The third-order valence-electron chi connectivity index (χ3n) is 3.41. The summed E-state index contributed by atoms with van der Waals surface area (Å²) >= 11 is 1.17.